The first-order chi connectivity index (χ1) is 8.08. The number of benzene rings is 1. The standard InChI is InChI=1S/C12H13ClO4/c13-9-5-4-7(6-8(9)12(15)16)17-11-3-1-2-10(11)14/h4-6,10-11,14H,1-3H2,(H,15,16). The maximum Gasteiger partial charge on any atom is 0.337 e. The van der Waals surface area contributed by atoms with Crippen molar-refractivity contribution in [2.75, 3.05) is 0 Å². The summed E-state index contributed by atoms with van der Waals surface area (Å²) in [5, 5.41) is 18.7. The van der Waals surface area contributed by atoms with E-state index < -0.39 is 12.1 Å². The Labute approximate surface area is 104 Å². The van der Waals surface area contributed by atoms with E-state index in [4.69, 9.17) is 21.4 Å². The van der Waals surface area contributed by atoms with Gasteiger partial charge in [-0.1, -0.05) is 11.6 Å². The molecule has 2 atom stereocenters. The van der Waals surface area contributed by atoms with E-state index in [1.165, 1.54) is 12.1 Å². The zero-order valence-electron chi connectivity index (χ0n) is 9.10. The van der Waals surface area contributed by atoms with Crippen LogP contribution in [0.25, 0.3) is 0 Å². The van der Waals surface area contributed by atoms with E-state index in [0.717, 1.165) is 19.3 Å². The van der Waals surface area contributed by atoms with Crippen LogP contribution in [-0.2, 0) is 0 Å². The van der Waals surface area contributed by atoms with E-state index in [2.05, 4.69) is 0 Å². The summed E-state index contributed by atoms with van der Waals surface area (Å²) >= 11 is 5.75. The predicted octanol–water partition coefficient (Wildman–Crippen LogP) is 2.33. The Kier molecular flexibility index (Phi) is 3.54. The summed E-state index contributed by atoms with van der Waals surface area (Å²) in [4.78, 5) is 10.9. The molecule has 0 aromatic heterocycles. The van der Waals surface area contributed by atoms with Crippen molar-refractivity contribution < 1.29 is 19.7 Å². The maximum absolute atomic E-state index is 10.9. The molecule has 0 heterocycles. The van der Waals surface area contributed by atoms with Crippen molar-refractivity contribution >= 4 is 17.6 Å². The molecule has 2 unspecified atom stereocenters. The Balaban J connectivity index is 2.16. The molecule has 0 spiro atoms. The topological polar surface area (TPSA) is 66.8 Å². The van der Waals surface area contributed by atoms with Crippen LogP contribution in [0.3, 0.4) is 0 Å². The summed E-state index contributed by atoms with van der Waals surface area (Å²) in [6, 6.07) is 4.48. The van der Waals surface area contributed by atoms with Gasteiger partial charge < -0.3 is 14.9 Å². The van der Waals surface area contributed by atoms with Gasteiger partial charge >= 0.3 is 5.97 Å². The van der Waals surface area contributed by atoms with Crippen LogP contribution in [0.15, 0.2) is 18.2 Å². The number of carboxylic acid groups (broad SMARTS) is 1. The lowest BCUT2D eigenvalue weighted by molar-refractivity contribution is 0.0600. The Bertz CT molecular complexity index is 433. The summed E-state index contributed by atoms with van der Waals surface area (Å²) in [5.41, 5.74) is 0.0108. The molecule has 2 rings (SSSR count). The summed E-state index contributed by atoms with van der Waals surface area (Å²) < 4.78 is 5.56. The molecule has 1 aromatic carbocycles. The molecule has 0 amide bonds. The molecule has 92 valence electrons. The molecule has 5 heteroatoms. The summed E-state index contributed by atoms with van der Waals surface area (Å²) in [5.74, 6) is -0.662. The van der Waals surface area contributed by atoms with E-state index in [9.17, 15) is 9.90 Å². The highest BCUT2D eigenvalue weighted by molar-refractivity contribution is 6.33. The highest BCUT2D eigenvalue weighted by Crippen LogP contribution is 2.27. The minimum absolute atomic E-state index is 0.0108. The highest BCUT2D eigenvalue weighted by Gasteiger charge is 2.27. The number of aliphatic hydroxyl groups is 1. The van der Waals surface area contributed by atoms with Crippen molar-refractivity contribution in [3.05, 3.63) is 28.8 Å². The molecule has 1 aromatic rings. The van der Waals surface area contributed by atoms with Gasteiger partial charge in [0.25, 0.3) is 0 Å². The predicted molar refractivity (Wildman–Crippen MR) is 62.7 cm³/mol. The number of aromatic carboxylic acids is 1. The van der Waals surface area contributed by atoms with Crippen molar-refractivity contribution in [2.24, 2.45) is 0 Å². The fraction of sp³-hybridized carbons (Fsp3) is 0.417. The number of carbonyl (C=O) groups is 1. The van der Waals surface area contributed by atoms with Gasteiger partial charge in [-0.2, -0.15) is 0 Å². The van der Waals surface area contributed by atoms with Crippen LogP contribution in [0.1, 0.15) is 29.6 Å². The first-order valence-corrected chi connectivity index (χ1v) is 5.83. The number of rotatable bonds is 3. The highest BCUT2D eigenvalue weighted by atomic mass is 35.5. The molecule has 4 nitrogen and oxygen atoms in total. The third kappa shape index (κ3) is 2.70. The van der Waals surface area contributed by atoms with Gasteiger partial charge in [-0.15, -0.1) is 0 Å². The summed E-state index contributed by atoms with van der Waals surface area (Å²) in [7, 11) is 0. The second-order valence-electron chi connectivity index (χ2n) is 4.10. The van der Waals surface area contributed by atoms with Gasteiger partial charge in [0.05, 0.1) is 16.7 Å². The molecule has 17 heavy (non-hydrogen) atoms. The largest absolute Gasteiger partial charge is 0.488 e. The third-order valence-corrected chi connectivity index (χ3v) is 3.20. The molecular formula is C12H13ClO4. The first kappa shape index (κ1) is 12.2. The lowest BCUT2D eigenvalue weighted by Gasteiger charge is -2.17. The van der Waals surface area contributed by atoms with E-state index in [1.807, 2.05) is 0 Å². The van der Waals surface area contributed by atoms with Gasteiger partial charge in [0, 0.05) is 0 Å². The van der Waals surface area contributed by atoms with Gasteiger partial charge in [0.15, 0.2) is 0 Å². The van der Waals surface area contributed by atoms with Crippen molar-refractivity contribution in [3.63, 3.8) is 0 Å². The van der Waals surface area contributed by atoms with Gasteiger partial charge in [0.1, 0.15) is 11.9 Å². The SMILES string of the molecule is O=C(O)c1cc(OC2CCCC2O)ccc1Cl. The third-order valence-electron chi connectivity index (χ3n) is 2.87. The second-order valence-corrected chi connectivity index (χ2v) is 4.51. The van der Waals surface area contributed by atoms with Crippen LogP contribution >= 0.6 is 11.6 Å². The molecule has 0 bridgehead atoms. The monoisotopic (exact) mass is 256 g/mol. The Morgan fingerprint density at radius 1 is 1.41 bits per heavy atom. The van der Waals surface area contributed by atoms with Crippen molar-refractivity contribution in [1.29, 1.82) is 0 Å². The van der Waals surface area contributed by atoms with Crippen LogP contribution in [-0.4, -0.2) is 28.4 Å². The average molecular weight is 257 g/mol. The lowest BCUT2D eigenvalue weighted by atomic mass is 10.2. The molecule has 1 fully saturated rings. The van der Waals surface area contributed by atoms with Crippen LogP contribution in [0.2, 0.25) is 5.02 Å². The quantitative estimate of drug-likeness (QED) is 0.871. The van der Waals surface area contributed by atoms with Gasteiger partial charge in [-0.25, -0.2) is 4.79 Å². The van der Waals surface area contributed by atoms with Gasteiger partial charge in [0.2, 0.25) is 0 Å². The zero-order valence-corrected chi connectivity index (χ0v) is 9.85. The fourth-order valence-corrected chi connectivity index (χ4v) is 2.16. The number of halogens is 1. The first-order valence-electron chi connectivity index (χ1n) is 5.45. The summed E-state index contributed by atoms with van der Waals surface area (Å²) in [6.07, 6.45) is 1.71. The van der Waals surface area contributed by atoms with Crippen molar-refractivity contribution in [2.45, 2.75) is 31.5 Å². The number of hydrogen-bond donors (Lipinski definition) is 2. The Hall–Kier alpha value is -1.26. The Morgan fingerprint density at radius 3 is 2.76 bits per heavy atom. The number of hydrogen-bond acceptors (Lipinski definition) is 3. The number of aliphatic hydroxyl groups excluding tert-OH is 1. The van der Waals surface area contributed by atoms with Crippen LogP contribution in [0.5, 0.6) is 5.75 Å². The average Bonchev–Trinajstić information content (AvgIpc) is 2.67. The molecule has 1 aliphatic carbocycles. The summed E-state index contributed by atoms with van der Waals surface area (Å²) in [6.45, 7) is 0. The molecule has 0 saturated heterocycles. The molecular weight excluding hydrogens is 244 g/mol. The van der Waals surface area contributed by atoms with Gasteiger partial charge in [-0.3, -0.25) is 0 Å². The van der Waals surface area contributed by atoms with E-state index >= 15 is 0 Å². The van der Waals surface area contributed by atoms with Crippen molar-refractivity contribution in [1.82, 2.24) is 0 Å². The second kappa shape index (κ2) is 4.94. The van der Waals surface area contributed by atoms with E-state index in [0.29, 0.717) is 5.75 Å². The van der Waals surface area contributed by atoms with Crippen molar-refractivity contribution in [3.8, 4) is 5.75 Å². The minimum Gasteiger partial charge on any atom is -0.488 e. The number of ether oxygens (including phenoxy) is 1. The normalized spacial score (nSPS) is 23.6. The Morgan fingerprint density at radius 2 is 2.18 bits per heavy atom. The molecule has 1 aliphatic rings. The zero-order chi connectivity index (χ0) is 12.4. The smallest absolute Gasteiger partial charge is 0.337 e. The van der Waals surface area contributed by atoms with E-state index in [-0.39, 0.29) is 16.7 Å². The fourth-order valence-electron chi connectivity index (χ4n) is 1.96. The maximum atomic E-state index is 10.9. The molecule has 0 radical (unpaired) electrons. The van der Waals surface area contributed by atoms with Gasteiger partial charge in [-0.05, 0) is 37.5 Å². The molecule has 2 N–H and O–H groups in total. The lowest BCUT2D eigenvalue weighted by Crippen LogP contribution is -2.25. The van der Waals surface area contributed by atoms with Crippen LogP contribution in [0.4, 0.5) is 0 Å². The molecule has 1 saturated carbocycles. The molecule has 0 aliphatic heterocycles. The van der Waals surface area contributed by atoms with E-state index in [1.54, 1.807) is 6.07 Å². The number of carboxylic acids is 1. The minimum atomic E-state index is -1.09. The van der Waals surface area contributed by atoms with Crippen LogP contribution < -0.4 is 4.74 Å². The van der Waals surface area contributed by atoms with Crippen LogP contribution in [0, 0.1) is 0 Å².